The van der Waals surface area contributed by atoms with E-state index in [4.69, 9.17) is 5.73 Å². The number of fused-ring (bicyclic) bond motifs is 1. The predicted molar refractivity (Wildman–Crippen MR) is 88.4 cm³/mol. The van der Waals surface area contributed by atoms with Crippen molar-refractivity contribution in [3.63, 3.8) is 0 Å². The number of nitrogens with one attached hydrogen (secondary N) is 1. The van der Waals surface area contributed by atoms with Gasteiger partial charge in [-0.2, -0.15) is 0 Å². The van der Waals surface area contributed by atoms with Crippen molar-refractivity contribution in [3.8, 4) is 0 Å². The first-order valence-electron chi connectivity index (χ1n) is 7.80. The Morgan fingerprint density at radius 3 is 2.48 bits per heavy atom. The van der Waals surface area contributed by atoms with Crippen LogP contribution >= 0.6 is 0 Å². The fraction of sp³-hybridized carbons (Fsp3) is 0.316. The highest BCUT2D eigenvalue weighted by Gasteiger charge is 2.36. The number of hydrogen-bond acceptors (Lipinski definition) is 2. The van der Waals surface area contributed by atoms with E-state index in [1.165, 1.54) is 17.7 Å². The topological polar surface area (TPSA) is 55.1 Å². The Balaban J connectivity index is 1.76. The molecule has 0 heterocycles. The standard InChI is InChI=1S/C19H21FN2O/c1-19(2,13-7-9-14(20)10-8-13)18(23)22-16-11-12-5-3-4-6-15(12)17(16)21/h3-10,16-17H,11,21H2,1-2H3,(H,22,23)/t16-,17?/m0/s1. The van der Waals surface area contributed by atoms with Gasteiger partial charge in [0.15, 0.2) is 0 Å². The van der Waals surface area contributed by atoms with E-state index in [9.17, 15) is 9.18 Å². The number of benzene rings is 2. The first-order valence-corrected chi connectivity index (χ1v) is 7.80. The zero-order valence-corrected chi connectivity index (χ0v) is 13.3. The highest BCUT2D eigenvalue weighted by Crippen LogP contribution is 2.31. The number of halogens is 1. The summed E-state index contributed by atoms with van der Waals surface area (Å²) in [7, 11) is 0. The lowest BCUT2D eigenvalue weighted by Gasteiger charge is -2.28. The van der Waals surface area contributed by atoms with Crippen LogP contribution in [0.15, 0.2) is 48.5 Å². The maximum absolute atomic E-state index is 13.1. The number of carbonyl (C=O) groups is 1. The molecule has 2 atom stereocenters. The summed E-state index contributed by atoms with van der Waals surface area (Å²) in [4.78, 5) is 12.7. The minimum absolute atomic E-state index is 0.0997. The van der Waals surface area contributed by atoms with E-state index in [1.54, 1.807) is 12.1 Å². The van der Waals surface area contributed by atoms with E-state index in [2.05, 4.69) is 5.32 Å². The largest absolute Gasteiger partial charge is 0.350 e. The third-order valence-corrected chi connectivity index (χ3v) is 4.74. The van der Waals surface area contributed by atoms with Gasteiger partial charge in [-0.25, -0.2) is 4.39 Å². The molecule has 0 aliphatic heterocycles. The Hall–Kier alpha value is -2.20. The zero-order valence-electron chi connectivity index (χ0n) is 13.3. The minimum atomic E-state index is -0.748. The average Bonchev–Trinajstić information content (AvgIpc) is 2.84. The summed E-state index contributed by atoms with van der Waals surface area (Å²) in [6.07, 6.45) is 0.739. The molecule has 3 nitrogen and oxygen atoms in total. The van der Waals surface area contributed by atoms with Crippen LogP contribution in [0, 0.1) is 5.82 Å². The Labute approximate surface area is 135 Å². The first-order chi connectivity index (χ1) is 10.9. The van der Waals surface area contributed by atoms with Crippen LogP contribution in [-0.4, -0.2) is 11.9 Å². The summed E-state index contributed by atoms with van der Waals surface area (Å²) in [6.45, 7) is 3.67. The highest BCUT2D eigenvalue weighted by molar-refractivity contribution is 5.87. The monoisotopic (exact) mass is 312 g/mol. The molecule has 3 N–H and O–H groups in total. The molecule has 1 aliphatic rings. The van der Waals surface area contributed by atoms with E-state index in [0.717, 1.165) is 17.5 Å². The molecule has 4 heteroatoms. The van der Waals surface area contributed by atoms with Crippen molar-refractivity contribution in [1.82, 2.24) is 5.32 Å². The molecule has 0 saturated carbocycles. The Morgan fingerprint density at radius 1 is 1.17 bits per heavy atom. The van der Waals surface area contributed by atoms with Crippen LogP contribution in [0.5, 0.6) is 0 Å². The first kappa shape index (κ1) is 15.7. The van der Waals surface area contributed by atoms with Crippen LogP contribution < -0.4 is 11.1 Å². The average molecular weight is 312 g/mol. The van der Waals surface area contributed by atoms with Gasteiger partial charge in [0.1, 0.15) is 5.82 Å². The van der Waals surface area contributed by atoms with Crippen LogP contribution in [0.2, 0.25) is 0 Å². The summed E-state index contributed by atoms with van der Waals surface area (Å²) in [5.74, 6) is -0.407. The normalized spacial score (nSPS) is 20.2. The Morgan fingerprint density at radius 2 is 1.83 bits per heavy atom. The Bertz CT molecular complexity index is 724. The molecular formula is C19H21FN2O. The molecule has 0 saturated heterocycles. The molecule has 1 amide bonds. The summed E-state index contributed by atoms with van der Waals surface area (Å²) >= 11 is 0. The lowest BCUT2D eigenvalue weighted by Crippen LogP contribution is -2.48. The van der Waals surface area contributed by atoms with E-state index in [-0.39, 0.29) is 23.8 Å². The van der Waals surface area contributed by atoms with Crippen LogP contribution in [0.4, 0.5) is 4.39 Å². The molecule has 0 bridgehead atoms. The van der Waals surface area contributed by atoms with Gasteiger partial charge in [-0.1, -0.05) is 36.4 Å². The molecule has 23 heavy (non-hydrogen) atoms. The second-order valence-electron chi connectivity index (χ2n) is 6.64. The van der Waals surface area contributed by atoms with Gasteiger partial charge in [0.25, 0.3) is 0 Å². The molecule has 2 aromatic rings. The molecular weight excluding hydrogens is 291 g/mol. The molecule has 3 rings (SSSR count). The fourth-order valence-corrected chi connectivity index (χ4v) is 3.11. The predicted octanol–water partition coefficient (Wildman–Crippen LogP) is 2.84. The number of rotatable bonds is 3. The molecule has 1 unspecified atom stereocenters. The number of hydrogen-bond donors (Lipinski definition) is 2. The fourth-order valence-electron chi connectivity index (χ4n) is 3.11. The number of nitrogens with two attached hydrogens (primary N) is 1. The van der Waals surface area contributed by atoms with Crippen LogP contribution in [0.25, 0.3) is 0 Å². The summed E-state index contributed by atoms with van der Waals surface area (Å²) in [5.41, 5.74) is 8.59. The van der Waals surface area contributed by atoms with Crippen molar-refractivity contribution >= 4 is 5.91 Å². The number of amides is 1. The second-order valence-corrected chi connectivity index (χ2v) is 6.64. The van der Waals surface area contributed by atoms with E-state index in [1.807, 2.05) is 38.1 Å². The minimum Gasteiger partial charge on any atom is -0.350 e. The molecule has 0 fully saturated rings. The molecule has 0 aromatic heterocycles. The van der Waals surface area contributed by atoms with Crippen LogP contribution in [-0.2, 0) is 16.6 Å². The van der Waals surface area contributed by atoms with Gasteiger partial charge in [-0.3, -0.25) is 4.79 Å². The van der Waals surface area contributed by atoms with E-state index < -0.39 is 5.41 Å². The smallest absolute Gasteiger partial charge is 0.230 e. The third-order valence-electron chi connectivity index (χ3n) is 4.74. The highest BCUT2D eigenvalue weighted by atomic mass is 19.1. The van der Waals surface area contributed by atoms with Gasteiger partial charge in [-0.05, 0) is 49.1 Å². The van der Waals surface area contributed by atoms with Gasteiger partial charge < -0.3 is 11.1 Å². The van der Waals surface area contributed by atoms with Gasteiger partial charge in [0.2, 0.25) is 5.91 Å². The maximum Gasteiger partial charge on any atom is 0.230 e. The molecule has 0 radical (unpaired) electrons. The maximum atomic E-state index is 13.1. The zero-order chi connectivity index (χ0) is 16.6. The SMILES string of the molecule is CC(C)(C(=O)N[C@H]1Cc2ccccc2C1N)c1ccc(F)cc1. The van der Waals surface area contributed by atoms with Crippen molar-refractivity contribution < 1.29 is 9.18 Å². The summed E-state index contributed by atoms with van der Waals surface area (Å²) < 4.78 is 13.1. The summed E-state index contributed by atoms with van der Waals surface area (Å²) in [5, 5.41) is 3.07. The van der Waals surface area contributed by atoms with Crippen LogP contribution in [0.1, 0.15) is 36.6 Å². The van der Waals surface area contributed by atoms with Crippen molar-refractivity contribution in [2.24, 2.45) is 5.73 Å². The number of carbonyl (C=O) groups excluding carboxylic acids is 1. The lowest BCUT2D eigenvalue weighted by atomic mass is 9.83. The van der Waals surface area contributed by atoms with Crippen molar-refractivity contribution in [1.29, 1.82) is 0 Å². The Kier molecular flexibility index (Phi) is 3.94. The lowest BCUT2D eigenvalue weighted by molar-refractivity contribution is -0.126. The second kappa shape index (κ2) is 5.78. The molecule has 0 spiro atoms. The van der Waals surface area contributed by atoms with Crippen molar-refractivity contribution in [3.05, 3.63) is 71.0 Å². The van der Waals surface area contributed by atoms with Crippen molar-refractivity contribution in [2.75, 3.05) is 0 Å². The van der Waals surface area contributed by atoms with Crippen molar-refractivity contribution in [2.45, 2.75) is 37.8 Å². The van der Waals surface area contributed by atoms with E-state index >= 15 is 0 Å². The molecule has 2 aromatic carbocycles. The van der Waals surface area contributed by atoms with Gasteiger partial charge in [0.05, 0.1) is 17.5 Å². The molecule has 1 aliphatic carbocycles. The quantitative estimate of drug-likeness (QED) is 0.915. The van der Waals surface area contributed by atoms with Gasteiger partial charge >= 0.3 is 0 Å². The van der Waals surface area contributed by atoms with Gasteiger partial charge in [-0.15, -0.1) is 0 Å². The van der Waals surface area contributed by atoms with Crippen LogP contribution in [0.3, 0.4) is 0 Å². The summed E-state index contributed by atoms with van der Waals surface area (Å²) in [6, 6.07) is 13.8. The van der Waals surface area contributed by atoms with E-state index in [0.29, 0.717) is 0 Å². The molecule has 120 valence electrons. The van der Waals surface area contributed by atoms with Gasteiger partial charge in [0, 0.05) is 0 Å². The third kappa shape index (κ3) is 2.86.